The van der Waals surface area contributed by atoms with E-state index in [1.165, 1.54) is 6.07 Å². The molecule has 0 bridgehead atoms. The zero-order valence-electron chi connectivity index (χ0n) is 11.9. The van der Waals surface area contributed by atoms with Crippen LogP contribution in [0.4, 0.5) is 15.9 Å². The molecule has 4 N–H and O–H groups in total. The molecule has 0 saturated heterocycles. The molecule has 1 heterocycles. The fourth-order valence-corrected chi connectivity index (χ4v) is 2.83. The molecule has 0 aliphatic heterocycles. The Hall–Kier alpha value is -2.09. The minimum absolute atomic E-state index is 0.0320. The van der Waals surface area contributed by atoms with Crippen molar-refractivity contribution in [3.05, 3.63) is 35.8 Å². The van der Waals surface area contributed by atoms with E-state index in [2.05, 4.69) is 14.9 Å². The van der Waals surface area contributed by atoms with Gasteiger partial charge in [0.15, 0.2) is 5.82 Å². The standard InChI is InChI=1S/C13H17FN4O2S/c1-13(2,3)11-7-12(17-16-11)18-21(19,20)10-6-8(14)4-5-9(10)15/h4-7H,15H2,1-3H3,(H2,16,17,18). The lowest BCUT2D eigenvalue weighted by Gasteiger charge is -2.14. The van der Waals surface area contributed by atoms with Crippen LogP contribution in [-0.2, 0) is 15.4 Å². The van der Waals surface area contributed by atoms with Gasteiger partial charge in [0.2, 0.25) is 0 Å². The number of anilines is 2. The number of nitrogens with two attached hydrogens (primary N) is 1. The van der Waals surface area contributed by atoms with Crippen LogP contribution in [0.25, 0.3) is 0 Å². The highest BCUT2D eigenvalue weighted by atomic mass is 32.2. The number of nitrogen functional groups attached to an aromatic ring is 1. The van der Waals surface area contributed by atoms with Crippen LogP contribution in [0.15, 0.2) is 29.2 Å². The first-order valence-corrected chi connectivity index (χ1v) is 7.71. The molecular formula is C13H17FN4O2S. The molecule has 0 unspecified atom stereocenters. The lowest BCUT2D eigenvalue weighted by Crippen LogP contribution is -2.15. The number of H-pyrrole nitrogens is 1. The maximum atomic E-state index is 13.2. The monoisotopic (exact) mass is 312 g/mol. The summed E-state index contributed by atoms with van der Waals surface area (Å²) in [6.45, 7) is 5.88. The van der Waals surface area contributed by atoms with Crippen LogP contribution in [0, 0.1) is 5.82 Å². The van der Waals surface area contributed by atoms with Crippen LogP contribution >= 0.6 is 0 Å². The fraction of sp³-hybridized carbons (Fsp3) is 0.308. The van der Waals surface area contributed by atoms with Gasteiger partial charge in [0.05, 0.1) is 5.69 Å². The van der Waals surface area contributed by atoms with Gasteiger partial charge in [-0.1, -0.05) is 20.8 Å². The third kappa shape index (κ3) is 3.33. The number of nitrogens with one attached hydrogen (secondary N) is 2. The Morgan fingerprint density at radius 3 is 2.52 bits per heavy atom. The Morgan fingerprint density at radius 1 is 1.29 bits per heavy atom. The number of benzene rings is 1. The molecule has 0 fully saturated rings. The summed E-state index contributed by atoms with van der Waals surface area (Å²) in [6, 6.07) is 4.76. The lowest BCUT2D eigenvalue weighted by atomic mass is 9.92. The van der Waals surface area contributed by atoms with E-state index in [-0.39, 0.29) is 21.8 Å². The molecule has 0 aliphatic carbocycles. The molecule has 0 spiro atoms. The predicted octanol–water partition coefficient (Wildman–Crippen LogP) is 2.23. The van der Waals surface area contributed by atoms with Gasteiger partial charge in [0.1, 0.15) is 10.7 Å². The lowest BCUT2D eigenvalue weighted by molar-refractivity contribution is 0.567. The number of nitrogens with zero attached hydrogens (tertiary/aromatic N) is 1. The molecule has 1 aromatic heterocycles. The smallest absolute Gasteiger partial charge is 0.265 e. The summed E-state index contributed by atoms with van der Waals surface area (Å²) in [5.41, 5.74) is 6.13. The van der Waals surface area contributed by atoms with E-state index in [0.29, 0.717) is 0 Å². The Morgan fingerprint density at radius 2 is 1.95 bits per heavy atom. The average Bonchev–Trinajstić information content (AvgIpc) is 2.79. The van der Waals surface area contributed by atoms with Crippen LogP contribution < -0.4 is 10.5 Å². The van der Waals surface area contributed by atoms with Crippen LogP contribution in [0.2, 0.25) is 0 Å². The highest BCUT2D eigenvalue weighted by molar-refractivity contribution is 7.92. The zero-order valence-corrected chi connectivity index (χ0v) is 12.8. The maximum Gasteiger partial charge on any atom is 0.265 e. The van der Waals surface area contributed by atoms with Crippen molar-refractivity contribution in [3.8, 4) is 0 Å². The first-order valence-electron chi connectivity index (χ1n) is 6.23. The molecule has 2 aromatic rings. The third-order valence-electron chi connectivity index (χ3n) is 2.89. The first-order chi connectivity index (χ1) is 9.59. The van der Waals surface area contributed by atoms with Gasteiger partial charge in [0, 0.05) is 17.2 Å². The zero-order chi connectivity index (χ0) is 15.8. The van der Waals surface area contributed by atoms with Crippen molar-refractivity contribution in [2.75, 3.05) is 10.5 Å². The van der Waals surface area contributed by atoms with E-state index >= 15 is 0 Å². The summed E-state index contributed by atoms with van der Waals surface area (Å²) in [4.78, 5) is -0.317. The summed E-state index contributed by atoms with van der Waals surface area (Å²) >= 11 is 0. The molecule has 0 atom stereocenters. The summed E-state index contributed by atoms with van der Waals surface area (Å²) in [7, 11) is -4.00. The normalized spacial score (nSPS) is 12.4. The van der Waals surface area contributed by atoms with Crippen molar-refractivity contribution in [2.24, 2.45) is 0 Å². The van der Waals surface area contributed by atoms with E-state index in [9.17, 15) is 12.8 Å². The minimum atomic E-state index is -4.00. The molecule has 21 heavy (non-hydrogen) atoms. The molecule has 0 aliphatic rings. The number of sulfonamides is 1. The topological polar surface area (TPSA) is 101 Å². The van der Waals surface area contributed by atoms with Crippen molar-refractivity contribution >= 4 is 21.5 Å². The van der Waals surface area contributed by atoms with E-state index in [1.807, 2.05) is 20.8 Å². The summed E-state index contributed by atoms with van der Waals surface area (Å²) in [6.07, 6.45) is 0. The van der Waals surface area contributed by atoms with Gasteiger partial charge in [-0.3, -0.25) is 9.82 Å². The Kier molecular flexibility index (Phi) is 3.66. The highest BCUT2D eigenvalue weighted by Crippen LogP contribution is 2.25. The second-order valence-corrected chi connectivity index (χ2v) is 7.36. The summed E-state index contributed by atoms with van der Waals surface area (Å²) in [5, 5.41) is 6.66. The van der Waals surface area contributed by atoms with Crippen molar-refractivity contribution in [1.82, 2.24) is 10.2 Å². The Labute approximate surface area is 122 Å². The first kappa shape index (κ1) is 15.3. The Balaban J connectivity index is 2.34. The van der Waals surface area contributed by atoms with Crippen LogP contribution in [0.1, 0.15) is 26.5 Å². The molecule has 8 heteroatoms. The average molecular weight is 312 g/mol. The van der Waals surface area contributed by atoms with E-state index in [1.54, 1.807) is 6.07 Å². The molecule has 2 rings (SSSR count). The van der Waals surface area contributed by atoms with E-state index in [0.717, 1.165) is 17.8 Å². The molecule has 6 nitrogen and oxygen atoms in total. The van der Waals surface area contributed by atoms with Crippen molar-refractivity contribution in [3.63, 3.8) is 0 Å². The van der Waals surface area contributed by atoms with Crippen molar-refractivity contribution in [2.45, 2.75) is 31.1 Å². The van der Waals surface area contributed by atoms with Crippen molar-refractivity contribution in [1.29, 1.82) is 0 Å². The number of hydrogen-bond donors (Lipinski definition) is 3. The maximum absolute atomic E-state index is 13.2. The third-order valence-corrected chi connectivity index (χ3v) is 4.30. The van der Waals surface area contributed by atoms with E-state index < -0.39 is 15.8 Å². The van der Waals surface area contributed by atoms with Crippen LogP contribution in [-0.4, -0.2) is 18.6 Å². The molecule has 0 radical (unpaired) electrons. The molecule has 1 aromatic carbocycles. The van der Waals surface area contributed by atoms with Gasteiger partial charge in [-0.2, -0.15) is 5.10 Å². The molecule has 0 saturated carbocycles. The summed E-state index contributed by atoms with van der Waals surface area (Å²) in [5.74, 6) is -0.550. The Bertz CT molecular complexity index is 763. The van der Waals surface area contributed by atoms with Gasteiger partial charge in [-0.15, -0.1) is 0 Å². The van der Waals surface area contributed by atoms with Crippen LogP contribution in [0.5, 0.6) is 0 Å². The van der Waals surface area contributed by atoms with Crippen LogP contribution in [0.3, 0.4) is 0 Å². The van der Waals surface area contributed by atoms with Gasteiger partial charge in [-0.05, 0) is 18.2 Å². The van der Waals surface area contributed by atoms with Crippen molar-refractivity contribution < 1.29 is 12.8 Å². The molecule has 114 valence electrons. The number of hydrogen-bond acceptors (Lipinski definition) is 4. The van der Waals surface area contributed by atoms with Gasteiger partial charge in [0.25, 0.3) is 10.0 Å². The minimum Gasteiger partial charge on any atom is -0.398 e. The van der Waals surface area contributed by atoms with Gasteiger partial charge in [-0.25, -0.2) is 12.8 Å². The quantitative estimate of drug-likeness (QED) is 0.756. The number of halogens is 1. The SMILES string of the molecule is CC(C)(C)c1cc(NS(=O)(=O)c2cc(F)ccc2N)n[nH]1. The number of aromatic nitrogens is 2. The molecular weight excluding hydrogens is 295 g/mol. The predicted molar refractivity (Wildman–Crippen MR) is 78.9 cm³/mol. The number of rotatable bonds is 3. The second kappa shape index (κ2) is 5.03. The fourth-order valence-electron chi connectivity index (χ4n) is 1.69. The highest BCUT2D eigenvalue weighted by Gasteiger charge is 2.22. The van der Waals surface area contributed by atoms with Gasteiger partial charge >= 0.3 is 0 Å². The summed E-state index contributed by atoms with van der Waals surface area (Å²) < 4.78 is 39.9. The van der Waals surface area contributed by atoms with Gasteiger partial charge < -0.3 is 5.73 Å². The second-order valence-electron chi connectivity index (χ2n) is 5.70. The number of aromatic amines is 1. The largest absolute Gasteiger partial charge is 0.398 e. The molecule has 0 amide bonds. The van der Waals surface area contributed by atoms with E-state index in [4.69, 9.17) is 5.73 Å².